The fraction of sp³-hybridized carbons (Fsp3) is 0.833. The van der Waals surface area contributed by atoms with E-state index in [1.165, 1.54) is 26.3 Å². The third-order valence-electron chi connectivity index (χ3n) is 3.34. The van der Waals surface area contributed by atoms with E-state index in [0.29, 0.717) is 0 Å². The molecule has 0 unspecified atom stereocenters. The molecular formula is C12H20N2O2. The van der Waals surface area contributed by atoms with Crippen molar-refractivity contribution < 1.29 is 9.59 Å². The van der Waals surface area contributed by atoms with Crippen LogP contribution in [0.5, 0.6) is 0 Å². The molecule has 2 rings (SSSR count). The fourth-order valence-corrected chi connectivity index (χ4v) is 2.17. The molecule has 0 bridgehead atoms. The Hall–Kier alpha value is -0.900. The number of piperazine rings is 1. The summed E-state index contributed by atoms with van der Waals surface area (Å²) in [6, 6.07) is 0. The Balaban J connectivity index is 1.71. The first-order chi connectivity index (χ1) is 7.65. The van der Waals surface area contributed by atoms with Crippen molar-refractivity contribution in [1.29, 1.82) is 0 Å². The predicted molar refractivity (Wildman–Crippen MR) is 61.0 cm³/mol. The molecule has 0 atom stereocenters. The molecule has 90 valence electrons. The van der Waals surface area contributed by atoms with Crippen LogP contribution in [0.3, 0.4) is 0 Å². The van der Waals surface area contributed by atoms with Crippen LogP contribution in [-0.4, -0.2) is 54.2 Å². The first kappa shape index (κ1) is 11.6. The minimum absolute atomic E-state index is 0.00132. The number of Topliss-reactive ketones (excluding diaryl/α,β-unsaturated/α-hetero) is 1. The molecular weight excluding hydrogens is 204 g/mol. The molecule has 0 aromatic carbocycles. The highest BCUT2D eigenvalue weighted by Gasteiger charge is 2.27. The average molecular weight is 224 g/mol. The lowest BCUT2D eigenvalue weighted by atomic mass is 10.2. The molecule has 4 heteroatoms. The Morgan fingerprint density at radius 2 is 1.75 bits per heavy atom. The highest BCUT2D eigenvalue weighted by molar-refractivity contribution is 5.96. The molecule has 1 aliphatic heterocycles. The van der Waals surface area contributed by atoms with Gasteiger partial charge in [-0.2, -0.15) is 0 Å². The zero-order valence-electron chi connectivity index (χ0n) is 9.95. The summed E-state index contributed by atoms with van der Waals surface area (Å²) in [7, 11) is 0. The molecule has 2 fully saturated rings. The highest BCUT2D eigenvalue weighted by atomic mass is 16.2. The second-order valence-electron chi connectivity index (χ2n) is 5.00. The van der Waals surface area contributed by atoms with E-state index in [9.17, 15) is 9.59 Å². The van der Waals surface area contributed by atoms with E-state index in [4.69, 9.17) is 0 Å². The van der Waals surface area contributed by atoms with Gasteiger partial charge in [0.1, 0.15) is 5.78 Å². The summed E-state index contributed by atoms with van der Waals surface area (Å²) in [6.07, 6.45) is 2.83. The van der Waals surface area contributed by atoms with Crippen LogP contribution in [0.2, 0.25) is 0 Å². The largest absolute Gasteiger partial charge is 0.340 e. The van der Waals surface area contributed by atoms with Gasteiger partial charge in [-0.25, -0.2) is 0 Å². The molecule has 0 radical (unpaired) electrons. The first-order valence-corrected chi connectivity index (χ1v) is 6.14. The molecule has 0 spiro atoms. The quantitative estimate of drug-likeness (QED) is 0.654. The van der Waals surface area contributed by atoms with Crippen LogP contribution in [0.25, 0.3) is 0 Å². The minimum Gasteiger partial charge on any atom is -0.340 e. The van der Waals surface area contributed by atoms with Gasteiger partial charge in [0.2, 0.25) is 5.91 Å². The molecule has 2 aliphatic rings. The molecule has 16 heavy (non-hydrogen) atoms. The van der Waals surface area contributed by atoms with Crippen molar-refractivity contribution in [2.24, 2.45) is 5.92 Å². The zero-order valence-corrected chi connectivity index (χ0v) is 9.95. The van der Waals surface area contributed by atoms with Gasteiger partial charge >= 0.3 is 0 Å². The van der Waals surface area contributed by atoms with Gasteiger partial charge in [-0.1, -0.05) is 0 Å². The maximum Gasteiger partial charge on any atom is 0.230 e. The van der Waals surface area contributed by atoms with E-state index in [0.717, 1.165) is 32.1 Å². The van der Waals surface area contributed by atoms with Gasteiger partial charge in [0.05, 0.1) is 6.42 Å². The Bertz CT molecular complexity index is 279. The number of carbonyl (C=O) groups is 2. The van der Waals surface area contributed by atoms with E-state index < -0.39 is 0 Å². The minimum atomic E-state index is -0.0367. The number of amides is 1. The van der Waals surface area contributed by atoms with Crippen LogP contribution >= 0.6 is 0 Å². The first-order valence-electron chi connectivity index (χ1n) is 6.14. The Labute approximate surface area is 96.6 Å². The summed E-state index contributed by atoms with van der Waals surface area (Å²) in [5.74, 6) is 0.878. The predicted octanol–water partition coefficient (Wildman–Crippen LogP) is 0.520. The van der Waals surface area contributed by atoms with Crippen LogP contribution in [0.4, 0.5) is 0 Å². The summed E-state index contributed by atoms with van der Waals surface area (Å²) in [5.41, 5.74) is 0. The standard InChI is InChI=1S/C12H20N2O2/c1-10(15)8-12(16)14-6-4-13(5-7-14)9-11-2-3-11/h11H,2-9H2,1H3. The molecule has 0 aromatic rings. The summed E-state index contributed by atoms with van der Waals surface area (Å²) >= 11 is 0. The summed E-state index contributed by atoms with van der Waals surface area (Å²) in [6.45, 7) is 6.20. The van der Waals surface area contributed by atoms with Crippen molar-refractivity contribution in [1.82, 2.24) is 9.80 Å². The molecule has 0 aromatic heterocycles. The van der Waals surface area contributed by atoms with E-state index in [-0.39, 0.29) is 18.1 Å². The number of rotatable bonds is 4. The van der Waals surface area contributed by atoms with Crippen LogP contribution in [-0.2, 0) is 9.59 Å². The van der Waals surface area contributed by atoms with Crippen LogP contribution in [0.1, 0.15) is 26.2 Å². The van der Waals surface area contributed by atoms with Crippen molar-refractivity contribution in [2.45, 2.75) is 26.2 Å². The molecule has 4 nitrogen and oxygen atoms in total. The Morgan fingerprint density at radius 3 is 2.25 bits per heavy atom. The van der Waals surface area contributed by atoms with Crippen LogP contribution < -0.4 is 0 Å². The number of ketones is 1. The molecule has 0 N–H and O–H groups in total. The van der Waals surface area contributed by atoms with E-state index >= 15 is 0 Å². The fourth-order valence-electron chi connectivity index (χ4n) is 2.17. The van der Waals surface area contributed by atoms with E-state index in [1.54, 1.807) is 0 Å². The number of nitrogens with zero attached hydrogens (tertiary/aromatic N) is 2. The normalized spacial score (nSPS) is 22.2. The molecule has 1 aliphatic carbocycles. The second-order valence-corrected chi connectivity index (χ2v) is 5.00. The Morgan fingerprint density at radius 1 is 1.12 bits per heavy atom. The van der Waals surface area contributed by atoms with Crippen LogP contribution in [0, 0.1) is 5.92 Å². The van der Waals surface area contributed by atoms with Crippen molar-refractivity contribution in [3.8, 4) is 0 Å². The van der Waals surface area contributed by atoms with Crippen molar-refractivity contribution in [2.75, 3.05) is 32.7 Å². The zero-order chi connectivity index (χ0) is 11.5. The van der Waals surface area contributed by atoms with Crippen molar-refractivity contribution >= 4 is 11.7 Å². The van der Waals surface area contributed by atoms with Gasteiger partial charge in [0.15, 0.2) is 0 Å². The average Bonchev–Trinajstić information content (AvgIpc) is 3.01. The monoisotopic (exact) mass is 224 g/mol. The molecule has 1 amide bonds. The molecule has 1 saturated heterocycles. The smallest absolute Gasteiger partial charge is 0.230 e. The lowest BCUT2D eigenvalue weighted by Gasteiger charge is -2.34. The molecule has 1 heterocycles. The summed E-state index contributed by atoms with van der Waals surface area (Å²) in [4.78, 5) is 26.8. The van der Waals surface area contributed by atoms with Gasteiger partial charge < -0.3 is 4.90 Å². The van der Waals surface area contributed by atoms with Gasteiger partial charge in [-0.15, -0.1) is 0 Å². The van der Waals surface area contributed by atoms with E-state index in [2.05, 4.69) is 4.90 Å². The number of hydrogen-bond donors (Lipinski definition) is 0. The third-order valence-corrected chi connectivity index (χ3v) is 3.34. The van der Waals surface area contributed by atoms with Gasteiger partial charge in [-0.05, 0) is 25.7 Å². The SMILES string of the molecule is CC(=O)CC(=O)N1CCN(CC2CC2)CC1. The van der Waals surface area contributed by atoms with Crippen molar-refractivity contribution in [3.05, 3.63) is 0 Å². The van der Waals surface area contributed by atoms with Gasteiger partial charge in [-0.3, -0.25) is 14.5 Å². The number of carbonyl (C=O) groups excluding carboxylic acids is 2. The summed E-state index contributed by atoms with van der Waals surface area (Å²) < 4.78 is 0. The maximum atomic E-state index is 11.6. The van der Waals surface area contributed by atoms with Crippen molar-refractivity contribution in [3.63, 3.8) is 0 Å². The third kappa shape index (κ3) is 3.30. The molecule has 1 saturated carbocycles. The topological polar surface area (TPSA) is 40.6 Å². The Kier molecular flexibility index (Phi) is 3.59. The number of hydrogen-bond acceptors (Lipinski definition) is 3. The highest BCUT2D eigenvalue weighted by Crippen LogP contribution is 2.29. The lowest BCUT2D eigenvalue weighted by Crippen LogP contribution is -2.49. The van der Waals surface area contributed by atoms with E-state index in [1.807, 2.05) is 4.90 Å². The summed E-state index contributed by atoms with van der Waals surface area (Å²) in [5, 5.41) is 0. The van der Waals surface area contributed by atoms with Crippen LogP contribution in [0.15, 0.2) is 0 Å². The maximum absolute atomic E-state index is 11.6. The van der Waals surface area contributed by atoms with Gasteiger partial charge in [0, 0.05) is 32.7 Å². The van der Waals surface area contributed by atoms with Gasteiger partial charge in [0.25, 0.3) is 0 Å². The second kappa shape index (κ2) is 4.95. The lowest BCUT2D eigenvalue weighted by molar-refractivity contribution is -0.136.